The molecule has 2 fully saturated rings. The van der Waals surface area contributed by atoms with E-state index in [1.807, 2.05) is 24.3 Å². The summed E-state index contributed by atoms with van der Waals surface area (Å²) < 4.78 is 30.9. The Bertz CT molecular complexity index is 1250. The van der Waals surface area contributed by atoms with Crippen molar-refractivity contribution >= 4 is 39.6 Å². The number of carbonyl (C=O) groups is 2. The highest BCUT2D eigenvalue weighted by atomic mass is 35.5. The molecule has 0 aliphatic carbocycles. The third kappa shape index (κ3) is 7.11. The third-order valence-corrected chi connectivity index (χ3v) is 11.0. The maximum Gasteiger partial charge on any atom is 0.265 e. The van der Waals surface area contributed by atoms with Gasteiger partial charge in [-0.2, -0.15) is 0 Å². The zero-order valence-electron chi connectivity index (χ0n) is 23.9. The van der Waals surface area contributed by atoms with Crippen molar-refractivity contribution in [3.63, 3.8) is 0 Å². The van der Waals surface area contributed by atoms with Gasteiger partial charge in [0.05, 0.1) is 11.5 Å². The largest absolute Gasteiger partial charge is 0.383 e. The number of nitrogens with zero attached hydrogens (tertiary/aromatic N) is 2. The van der Waals surface area contributed by atoms with Crippen LogP contribution in [0, 0.1) is 5.92 Å². The fourth-order valence-electron chi connectivity index (χ4n) is 5.90. The molecule has 2 aromatic rings. The Labute approximate surface area is 249 Å². The van der Waals surface area contributed by atoms with Crippen LogP contribution in [0.3, 0.4) is 0 Å². The van der Waals surface area contributed by atoms with Crippen molar-refractivity contribution in [3.05, 3.63) is 59.7 Å². The van der Waals surface area contributed by atoms with Crippen LogP contribution in [0.15, 0.2) is 53.4 Å². The topological polar surface area (TPSA) is 116 Å². The molecule has 1 amide bonds. The SMILES string of the molecule is CCCc1ccc(C(=O)C2CCN(c3ccc(S(=O)(=O)C4(C(=O)NO)CCN(CCOC)CC4)cc3)CC2)cc1.Cl. The van der Waals surface area contributed by atoms with Crippen LogP contribution in [0.1, 0.15) is 54.9 Å². The number of benzene rings is 2. The Morgan fingerprint density at radius 3 is 2.15 bits per heavy atom. The quantitative estimate of drug-likeness (QED) is 0.224. The lowest BCUT2D eigenvalue weighted by atomic mass is 9.88. The number of hydrogen-bond donors (Lipinski definition) is 2. The number of anilines is 1. The Morgan fingerprint density at radius 1 is 1.00 bits per heavy atom. The number of sulfone groups is 1. The summed E-state index contributed by atoms with van der Waals surface area (Å²) in [6.07, 6.45) is 3.71. The van der Waals surface area contributed by atoms with Crippen molar-refractivity contribution in [2.45, 2.75) is 55.1 Å². The van der Waals surface area contributed by atoms with E-state index in [1.54, 1.807) is 36.9 Å². The van der Waals surface area contributed by atoms with Crippen LogP contribution < -0.4 is 10.4 Å². The molecule has 0 spiro atoms. The maximum atomic E-state index is 13.8. The zero-order valence-corrected chi connectivity index (χ0v) is 25.5. The first-order valence-electron chi connectivity index (χ1n) is 14.1. The van der Waals surface area contributed by atoms with Crippen LogP contribution in [0.5, 0.6) is 0 Å². The minimum atomic E-state index is -4.08. The Morgan fingerprint density at radius 2 is 1.61 bits per heavy atom. The van der Waals surface area contributed by atoms with Crippen LogP contribution in [0.25, 0.3) is 0 Å². The van der Waals surface area contributed by atoms with Gasteiger partial charge in [0, 0.05) is 57.0 Å². The lowest BCUT2D eigenvalue weighted by Gasteiger charge is -2.39. The van der Waals surface area contributed by atoms with Gasteiger partial charge in [-0.15, -0.1) is 12.4 Å². The van der Waals surface area contributed by atoms with E-state index in [0.717, 1.165) is 36.9 Å². The summed E-state index contributed by atoms with van der Waals surface area (Å²) in [6, 6.07) is 14.6. The summed E-state index contributed by atoms with van der Waals surface area (Å²) in [5, 5.41) is 9.42. The molecule has 0 unspecified atom stereocenters. The van der Waals surface area contributed by atoms with Crippen LogP contribution in [0.4, 0.5) is 5.69 Å². The number of Topliss-reactive ketones (excluding diaryl/α,β-unsaturated/α-hetero) is 1. The number of likely N-dealkylation sites (tertiary alicyclic amines) is 1. The second-order valence-corrected chi connectivity index (χ2v) is 13.1. The molecule has 2 heterocycles. The van der Waals surface area contributed by atoms with Crippen LogP contribution in [-0.4, -0.2) is 81.4 Å². The zero-order chi connectivity index (χ0) is 28.8. The number of amides is 1. The predicted octanol–water partition coefficient (Wildman–Crippen LogP) is 3.92. The first-order chi connectivity index (χ1) is 19.3. The standard InChI is InChI=1S/C30H41N3O6S.ClH/c1-3-4-23-5-7-24(8-6-23)28(34)25-13-17-33(18-14-25)26-9-11-27(12-10-26)40(37,38)30(29(35)31-36)15-19-32(20-16-30)21-22-39-2;/h5-12,25,36H,3-4,13-22H2,1-2H3,(H,31,35);1H. The van der Waals surface area contributed by atoms with Gasteiger partial charge in [-0.1, -0.05) is 37.6 Å². The number of hydrogen-bond acceptors (Lipinski definition) is 8. The molecule has 4 rings (SSSR count). The molecule has 0 atom stereocenters. The molecule has 226 valence electrons. The van der Waals surface area contributed by atoms with Gasteiger partial charge in [-0.25, -0.2) is 13.9 Å². The van der Waals surface area contributed by atoms with Crippen molar-refractivity contribution in [2.24, 2.45) is 5.92 Å². The normalized spacial score (nSPS) is 18.0. The number of hydroxylamine groups is 1. The molecule has 41 heavy (non-hydrogen) atoms. The summed E-state index contributed by atoms with van der Waals surface area (Å²) in [4.78, 5) is 30.1. The molecule has 0 radical (unpaired) electrons. The fourth-order valence-corrected chi connectivity index (χ4v) is 7.85. The van der Waals surface area contributed by atoms with Gasteiger partial charge >= 0.3 is 0 Å². The molecule has 2 aliphatic heterocycles. The molecule has 2 aliphatic rings. The minimum absolute atomic E-state index is 0. The molecule has 0 bridgehead atoms. The molecule has 11 heteroatoms. The van der Waals surface area contributed by atoms with Crippen LogP contribution in [-0.2, 0) is 25.8 Å². The Kier molecular flexibility index (Phi) is 11.8. The van der Waals surface area contributed by atoms with Crippen molar-refractivity contribution in [3.8, 4) is 0 Å². The highest BCUT2D eigenvalue weighted by Crippen LogP contribution is 2.37. The molecular formula is C30H42ClN3O6S. The number of methoxy groups -OCH3 is 1. The third-order valence-electron chi connectivity index (χ3n) is 8.46. The van der Waals surface area contributed by atoms with Gasteiger partial charge < -0.3 is 14.5 Å². The van der Waals surface area contributed by atoms with Gasteiger partial charge in [-0.3, -0.25) is 14.8 Å². The fraction of sp³-hybridized carbons (Fsp3) is 0.533. The number of aryl methyl sites for hydroxylation is 1. The monoisotopic (exact) mass is 607 g/mol. The lowest BCUT2D eigenvalue weighted by Crippen LogP contribution is -2.58. The van der Waals surface area contributed by atoms with E-state index in [4.69, 9.17) is 4.74 Å². The van der Waals surface area contributed by atoms with Gasteiger partial charge in [0.15, 0.2) is 20.4 Å². The van der Waals surface area contributed by atoms with Gasteiger partial charge in [0.25, 0.3) is 5.91 Å². The van der Waals surface area contributed by atoms with Crippen LogP contribution in [0.2, 0.25) is 0 Å². The van der Waals surface area contributed by atoms with Crippen molar-refractivity contribution < 1.29 is 28.0 Å². The predicted molar refractivity (Wildman–Crippen MR) is 161 cm³/mol. The maximum absolute atomic E-state index is 13.8. The Balaban J connectivity index is 0.00000462. The second-order valence-electron chi connectivity index (χ2n) is 10.8. The first kappa shape index (κ1) is 33.0. The first-order valence-corrected chi connectivity index (χ1v) is 15.6. The molecule has 0 saturated carbocycles. The number of rotatable bonds is 11. The van der Waals surface area contributed by atoms with E-state index < -0.39 is 20.5 Å². The van der Waals surface area contributed by atoms with E-state index in [9.17, 15) is 23.2 Å². The molecule has 2 saturated heterocycles. The molecule has 2 N–H and O–H groups in total. The molecular weight excluding hydrogens is 566 g/mol. The summed E-state index contributed by atoms with van der Waals surface area (Å²) >= 11 is 0. The second kappa shape index (κ2) is 14.6. The molecule has 0 aromatic heterocycles. The number of nitrogens with one attached hydrogen (secondary N) is 1. The van der Waals surface area contributed by atoms with E-state index in [1.165, 1.54) is 5.56 Å². The number of piperidine rings is 2. The van der Waals surface area contributed by atoms with Crippen LogP contribution >= 0.6 is 12.4 Å². The minimum Gasteiger partial charge on any atom is -0.383 e. The number of halogens is 1. The summed E-state index contributed by atoms with van der Waals surface area (Å²) in [5.74, 6) is -0.737. The molecule has 9 nitrogen and oxygen atoms in total. The Hall–Kier alpha value is -2.50. The summed E-state index contributed by atoms with van der Waals surface area (Å²) in [6.45, 7) is 5.52. The number of carbonyl (C=O) groups excluding carboxylic acids is 2. The van der Waals surface area contributed by atoms with E-state index in [0.29, 0.717) is 39.3 Å². The lowest BCUT2D eigenvalue weighted by molar-refractivity contribution is -0.133. The van der Waals surface area contributed by atoms with E-state index in [-0.39, 0.29) is 41.8 Å². The van der Waals surface area contributed by atoms with Crippen molar-refractivity contribution in [1.29, 1.82) is 0 Å². The van der Waals surface area contributed by atoms with Gasteiger partial charge in [0.1, 0.15) is 0 Å². The number of ether oxygens (including phenoxy) is 1. The van der Waals surface area contributed by atoms with Gasteiger partial charge in [0.2, 0.25) is 0 Å². The average molecular weight is 608 g/mol. The summed E-state index contributed by atoms with van der Waals surface area (Å²) in [7, 11) is -2.47. The smallest absolute Gasteiger partial charge is 0.265 e. The molecule has 2 aromatic carbocycles. The highest BCUT2D eigenvalue weighted by molar-refractivity contribution is 7.93. The van der Waals surface area contributed by atoms with Crippen molar-refractivity contribution in [2.75, 3.05) is 51.3 Å². The average Bonchev–Trinajstić information content (AvgIpc) is 3.00. The van der Waals surface area contributed by atoms with Gasteiger partial charge in [-0.05, 0) is 61.9 Å². The number of ketones is 1. The summed E-state index contributed by atoms with van der Waals surface area (Å²) in [5.41, 5.74) is 4.49. The van der Waals surface area contributed by atoms with E-state index >= 15 is 0 Å². The van der Waals surface area contributed by atoms with E-state index in [2.05, 4.69) is 16.7 Å². The highest BCUT2D eigenvalue weighted by Gasteiger charge is 2.52. The van der Waals surface area contributed by atoms with Crippen molar-refractivity contribution in [1.82, 2.24) is 10.4 Å².